The number of carboxylic acids is 1. The second-order valence-corrected chi connectivity index (χ2v) is 3.72. The van der Waals surface area contributed by atoms with Gasteiger partial charge in [0.25, 0.3) is 0 Å². The van der Waals surface area contributed by atoms with E-state index < -0.39 is 11.9 Å². The van der Waals surface area contributed by atoms with Gasteiger partial charge in [0, 0.05) is 0 Å². The minimum atomic E-state index is -0.992. The highest BCUT2D eigenvalue weighted by atomic mass is 32.1. The summed E-state index contributed by atoms with van der Waals surface area (Å²) in [5.41, 5.74) is 6.60. The number of nitrogens with zero attached hydrogens (tertiary/aromatic N) is 4. The van der Waals surface area contributed by atoms with E-state index >= 15 is 0 Å². The Morgan fingerprint density at radius 3 is 2.94 bits per heavy atom. The number of aromatic nitrogens is 4. The summed E-state index contributed by atoms with van der Waals surface area (Å²) in [4.78, 5) is 22.8. The van der Waals surface area contributed by atoms with Gasteiger partial charge in [0.15, 0.2) is 5.65 Å². The van der Waals surface area contributed by atoms with Gasteiger partial charge >= 0.3 is 5.97 Å². The van der Waals surface area contributed by atoms with Crippen LogP contribution in [-0.2, 0) is 4.79 Å². The molecule has 1 atom stereocenters. The molecule has 8 heteroatoms. The highest BCUT2D eigenvalue weighted by Crippen LogP contribution is 2.23. The minimum Gasteiger partial charge on any atom is -0.481 e. The zero-order chi connectivity index (χ0) is 11.9. The molecule has 7 nitrogen and oxygen atoms in total. The molecule has 0 saturated heterocycles. The maximum absolute atomic E-state index is 10.9. The molecular formula is C8H9N5O2S. The fraction of sp³-hybridized carbons (Fsp3) is 0.250. The van der Waals surface area contributed by atoms with Gasteiger partial charge in [-0.3, -0.25) is 8.77 Å². The Morgan fingerprint density at radius 2 is 2.31 bits per heavy atom. The van der Waals surface area contributed by atoms with E-state index in [4.69, 9.17) is 10.8 Å². The van der Waals surface area contributed by atoms with Gasteiger partial charge in [0.2, 0.25) is 5.95 Å². The van der Waals surface area contributed by atoms with E-state index in [1.54, 1.807) is 0 Å². The van der Waals surface area contributed by atoms with Crippen molar-refractivity contribution in [3.8, 4) is 0 Å². The van der Waals surface area contributed by atoms with Crippen LogP contribution in [0.5, 0.6) is 0 Å². The van der Waals surface area contributed by atoms with Crippen molar-refractivity contribution in [1.82, 2.24) is 18.9 Å². The van der Waals surface area contributed by atoms with Crippen LogP contribution in [0.2, 0.25) is 0 Å². The molecule has 0 aromatic carbocycles. The summed E-state index contributed by atoms with van der Waals surface area (Å²) in [5, 5.41) is 8.94. The standard InChI is InChI=1S/C8H9N5O2S/c1-3(7(14)15)4-5-6(12-8(9)11-4)13(16)2-10-5/h2-3,16H,1H3,(H,14,15)(H2,9,11,12). The Morgan fingerprint density at radius 1 is 1.62 bits per heavy atom. The van der Waals surface area contributed by atoms with Crippen molar-refractivity contribution in [2.24, 2.45) is 0 Å². The Balaban J connectivity index is 2.73. The summed E-state index contributed by atoms with van der Waals surface area (Å²) < 4.78 is 1.37. The highest BCUT2D eigenvalue weighted by molar-refractivity contribution is 7.78. The van der Waals surface area contributed by atoms with E-state index in [0.29, 0.717) is 16.9 Å². The third-order valence-electron chi connectivity index (χ3n) is 2.20. The van der Waals surface area contributed by atoms with E-state index in [1.807, 2.05) is 0 Å². The Labute approximate surface area is 95.9 Å². The molecule has 3 N–H and O–H groups in total. The number of anilines is 1. The quantitative estimate of drug-likeness (QED) is 0.650. The first-order valence-electron chi connectivity index (χ1n) is 4.43. The van der Waals surface area contributed by atoms with Gasteiger partial charge in [-0.2, -0.15) is 4.98 Å². The summed E-state index contributed by atoms with van der Waals surface area (Å²) in [6.45, 7) is 1.51. The fourth-order valence-electron chi connectivity index (χ4n) is 1.35. The van der Waals surface area contributed by atoms with Crippen LogP contribution in [0.25, 0.3) is 11.2 Å². The number of carboxylic acid groups (broad SMARTS) is 1. The van der Waals surface area contributed by atoms with E-state index in [0.717, 1.165) is 0 Å². The molecule has 0 aliphatic carbocycles. The largest absolute Gasteiger partial charge is 0.481 e. The molecule has 0 radical (unpaired) electrons. The number of hydrogen-bond acceptors (Lipinski definition) is 6. The lowest BCUT2D eigenvalue weighted by Gasteiger charge is -2.06. The van der Waals surface area contributed by atoms with Gasteiger partial charge in [0.05, 0.1) is 11.6 Å². The molecule has 0 amide bonds. The van der Waals surface area contributed by atoms with Crippen LogP contribution in [0.1, 0.15) is 18.5 Å². The third-order valence-corrected chi connectivity index (χ3v) is 2.50. The van der Waals surface area contributed by atoms with Crippen molar-refractivity contribution >= 4 is 35.9 Å². The molecule has 2 aromatic heterocycles. The lowest BCUT2D eigenvalue weighted by atomic mass is 10.1. The first kappa shape index (κ1) is 10.7. The molecule has 2 heterocycles. The van der Waals surface area contributed by atoms with E-state index in [9.17, 15) is 4.79 Å². The lowest BCUT2D eigenvalue weighted by molar-refractivity contribution is -0.138. The maximum atomic E-state index is 10.9. The van der Waals surface area contributed by atoms with Gasteiger partial charge < -0.3 is 10.8 Å². The van der Waals surface area contributed by atoms with Crippen molar-refractivity contribution in [1.29, 1.82) is 0 Å². The normalized spacial score (nSPS) is 12.9. The molecule has 0 spiro atoms. The van der Waals surface area contributed by atoms with Crippen molar-refractivity contribution in [2.45, 2.75) is 12.8 Å². The monoisotopic (exact) mass is 239 g/mol. The zero-order valence-electron chi connectivity index (χ0n) is 8.32. The van der Waals surface area contributed by atoms with Crippen LogP contribution in [0.15, 0.2) is 6.33 Å². The number of nitrogen functional groups attached to an aromatic ring is 1. The molecule has 0 saturated carbocycles. The predicted molar refractivity (Wildman–Crippen MR) is 60.2 cm³/mol. The topological polar surface area (TPSA) is 107 Å². The molecule has 2 rings (SSSR count). The number of nitrogens with two attached hydrogens (primary N) is 1. The van der Waals surface area contributed by atoms with Gasteiger partial charge in [-0.15, -0.1) is 0 Å². The summed E-state index contributed by atoms with van der Waals surface area (Å²) in [6, 6.07) is 0. The summed E-state index contributed by atoms with van der Waals surface area (Å²) >= 11 is 4.08. The zero-order valence-corrected chi connectivity index (χ0v) is 9.22. The number of fused-ring (bicyclic) bond motifs is 1. The second-order valence-electron chi connectivity index (χ2n) is 3.29. The maximum Gasteiger partial charge on any atom is 0.312 e. The predicted octanol–water partition coefficient (Wildman–Crippen LogP) is 0.289. The molecule has 0 aliphatic heterocycles. The lowest BCUT2D eigenvalue weighted by Crippen LogP contribution is -2.12. The van der Waals surface area contributed by atoms with Gasteiger partial charge in [-0.1, -0.05) is 12.8 Å². The van der Waals surface area contributed by atoms with E-state index in [-0.39, 0.29) is 5.95 Å². The average Bonchev–Trinajstić information content (AvgIpc) is 2.58. The van der Waals surface area contributed by atoms with Crippen LogP contribution in [-0.4, -0.2) is 30.0 Å². The number of thiol groups is 1. The fourth-order valence-corrected chi connectivity index (χ4v) is 1.54. The van der Waals surface area contributed by atoms with Crippen LogP contribution >= 0.6 is 12.8 Å². The second kappa shape index (κ2) is 3.63. The Bertz CT molecular complexity index is 567. The highest BCUT2D eigenvalue weighted by Gasteiger charge is 2.21. The van der Waals surface area contributed by atoms with Crippen LogP contribution in [0.4, 0.5) is 5.95 Å². The summed E-state index contributed by atoms with van der Waals surface area (Å²) in [7, 11) is 0. The average molecular weight is 239 g/mol. The molecule has 16 heavy (non-hydrogen) atoms. The number of imidazole rings is 1. The third kappa shape index (κ3) is 1.56. The number of carbonyl (C=O) groups is 1. The van der Waals surface area contributed by atoms with E-state index in [1.165, 1.54) is 17.2 Å². The minimum absolute atomic E-state index is 0.00593. The van der Waals surface area contributed by atoms with Crippen molar-refractivity contribution in [3.63, 3.8) is 0 Å². The van der Waals surface area contributed by atoms with Crippen LogP contribution in [0, 0.1) is 0 Å². The van der Waals surface area contributed by atoms with Crippen molar-refractivity contribution in [2.75, 3.05) is 5.73 Å². The first-order valence-corrected chi connectivity index (χ1v) is 4.83. The number of rotatable bonds is 2. The van der Waals surface area contributed by atoms with E-state index in [2.05, 4.69) is 27.8 Å². The first-order chi connectivity index (χ1) is 7.50. The molecule has 2 aromatic rings. The smallest absolute Gasteiger partial charge is 0.312 e. The van der Waals surface area contributed by atoms with Crippen molar-refractivity contribution in [3.05, 3.63) is 12.0 Å². The molecule has 0 fully saturated rings. The SMILES string of the molecule is CC(C(=O)O)c1nc(N)nc2c1ncn2S. The number of hydrogen-bond donors (Lipinski definition) is 3. The van der Waals surface area contributed by atoms with Crippen molar-refractivity contribution < 1.29 is 9.90 Å². The molecule has 84 valence electrons. The molecular weight excluding hydrogens is 230 g/mol. The van der Waals surface area contributed by atoms with Crippen LogP contribution < -0.4 is 5.73 Å². The Kier molecular flexibility index (Phi) is 2.43. The number of aliphatic carboxylic acids is 1. The van der Waals surface area contributed by atoms with Gasteiger partial charge in [-0.05, 0) is 6.92 Å². The van der Waals surface area contributed by atoms with Crippen LogP contribution in [0.3, 0.4) is 0 Å². The summed E-state index contributed by atoms with van der Waals surface area (Å²) in [6.07, 6.45) is 1.42. The summed E-state index contributed by atoms with van der Waals surface area (Å²) in [5.74, 6) is -1.78. The Hall–Kier alpha value is -1.83. The molecule has 1 unspecified atom stereocenters. The molecule has 0 bridgehead atoms. The van der Waals surface area contributed by atoms with Gasteiger partial charge in [-0.25, -0.2) is 9.97 Å². The molecule has 0 aliphatic rings. The van der Waals surface area contributed by atoms with Gasteiger partial charge in [0.1, 0.15) is 11.8 Å².